The largest absolute Gasteiger partial charge is 0.327 e. The van der Waals surface area contributed by atoms with Gasteiger partial charge in [-0.05, 0) is 24.8 Å². The Kier molecular flexibility index (Phi) is 5.01. The molecule has 1 aromatic carbocycles. The van der Waals surface area contributed by atoms with Crippen molar-refractivity contribution in [3.05, 3.63) is 35.9 Å². The van der Waals surface area contributed by atoms with E-state index >= 15 is 0 Å². The van der Waals surface area contributed by atoms with Crippen molar-refractivity contribution < 1.29 is 0 Å². The molecular weight excluding hydrogens is 194 g/mol. The van der Waals surface area contributed by atoms with Crippen LogP contribution < -0.4 is 5.73 Å². The summed E-state index contributed by atoms with van der Waals surface area (Å²) in [7, 11) is 0. The van der Waals surface area contributed by atoms with Gasteiger partial charge < -0.3 is 5.73 Å². The van der Waals surface area contributed by atoms with Gasteiger partial charge >= 0.3 is 0 Å². The molecule has 0 bridgehead atoms. The van der Waals surface area contributed by atoms with Gasteiger partial charge in [0, 0.05) is 11.5 Å². The van der Waals surface area contributed by atoms with E-state index in [1.807, 2.05) is 0 Å². The van der Waals surface area contributed by atoms with Gasteiger partial charge in [0.15, 0.2) is 0 Å². The molecule has 1 unspecified atom stereocenters. The van der Waals surface area contributed by atoms with E-state index in [0.29, 0.717) is 0 Å². The quantitative estimate of drug-likeness (QED) is 0.772. The molecule has 0 amide bonds. The Labute approximate surface area is 100 Å². The van der Waals surface area contributed by atoms with E-state index in [-0.39, 0.29) is 11.5 Å². The van der Waals surface area contributed by atoms with E-state index in [4.69, 9.17) is 5.73 Å². The van der Waals surface area contributed by atoms with Crippen LogP contribution >= 0.6 is 0 Å². The summed E-state index contributed by atoms with van der Waals surface area (Å²) in [6.45, 7) is 6.72. The smallest absolute Gasteiger partial charge is 0.0136 e. The summed E-state index contributed by atoms with van der Waals surface area (Å²) in [5.41, 5.74) is 7.98. The zero-order valence-electron chi connectivity index (χ0n) is 10.9. The van der Waals surface area contributed by atoms with Gasteiger partial charge in [-0.15, -0.1) is 0 Å². The van der Waals surface area contributed by atoms with Crippen LogP contribution in [-0.4, -0.2) is 6.04 Å². The summed E-state index contributed by atoms with van der Waals surface area (Å²) in [5, 5.41) is 0. The van der Waals surface area contributed by atoms with E-state index in [1.54, 1.807) is 0 Å². The average Bonchev–Trinajstić information content (AvgIpc) is 2.33. The van der Waals surface area contributed by atoms with Gasteiger partial charge in [-0.1, -0.05) is 57.5 Å². The molecule has 0 aromatic heterocycles. The van der Waals surface area contributed by atoms with Crippen LogP contribution in [0.25, 0.3) is 0 Å². The Bertz CT molecular complexity index is 288. The fraction of sp³-hybridized carbons (Fsp3) is 0.600. The summed E-state index contributed by atoms with van der Waals surface area (Å²) >= 11 is 0. The molecule has 0 aliphatic carbocycles. The topological polar surface area (TPSA) is 26.0 Å². The summed E-state index contributed by atoms with van der Waals surface area (Å²) in [4.78, 5) is 0. The lowest BCUT2D eigenvalue weighted by Gasteiger charge is -2.38. The van der Waals surface area contributed by atoms with Crippen molar-refractivity contribution in [1.82, 2.24) is 0 Å². The van der Waals surface area contributed by atoms with Crippen LogP contribution in [0, 0.1) is 0 Å². The molecule has 0 spiro atoms. The molecule has 1 atom stereocenters. The molecule has 1 rings (SSSR count). The molecule has 2 N–H and O–H groups in total. The van der Waals surface area contributed by atoms with E-state index in [1.165, 1.54) is 5.56 Å². The van der Waals surface area contributed by atoms with Crippen LogP contribution in [0.4, 0.5) is 0 Å². The van der Waals surface area contributed by atoms with Crippen LogP contribution in [0.1, 0.15) is 52.0 Å². The van der Waals surface area contributed by atoms with Crippen molar-refractivity contribution in [2.75, 3.05) is 0 Å². The zero-order valence-corrected chi connectivity index (χ0v) is 10.9. The van der Waals surface area contributed by atoms with Crippen molar-refractivity contribution in [3.63, 3.8) is 0 Å². The fourth-order valence-electron chi connectivity index (χ4n) is 2.75. The molecular formula is C15H25N. The first-order chi connectivity index (χ1) is 7.71. The first-order valence-electron chi connectivity index (χ1n) is 6.52. The minimum Gasteiger partial charge on any atom is -0.327 e. The van der Waals surface area contributed by atoms with Gasteiger partial charge in [0.1, 0.15) is 0 Å². The third-order valence-electron chi connectivity index (χ3n) is 3.92. The monoisotopic (exact) mass is 219 g/mol. The molecule has 0 aliphatic rings. The van der Waals surface area contributed by atoms with Crippen molar-refractivity contribution in [1.29, 1.82) is 0 Å². The van der Waals surface area contributed by atoms with E-state index in [2.05, 4.69) is 51.1 Å². The minimum atomic E-state index is 0.164. The summed E-state index contributed by atoms with van der Waals surface area (Å²) in [5.74, 6) is 0. The minimum absolute atomic E-state index is 0.164. The van der Waals surface area contributed by atoms with Crippen molar-refractivity contribution in [2.24, 2.45) is 5.73 Å². The Morgan fingerprint density at radius 1 is 1.06 bits per heavy atom. The highest BCUT2D eigenvalue weighted by molar-refractivity contribution is 5.27. The van der Waals surface area contributed by atoms with Gasteiger partial charge in [0.05, 0.1) is 0 Å². The number of benzene rings is 1. The molecule has 0 saturated heterocycles. The summed E-state index contributed by atoms with van der Waals surface area (Å²) in [6, 6.07) is 11.0. The van der Waals surface area contributed by atoms with Crippen molar-refractivity contribution in [3.8, 4) is 0 Å². The third kappa shape index (κ3) is 2.46. The summed E-state index contributed by atoms with van der Waals surface area (Å²) < 4.78 is 0. The van der Waals surface area contributed by atoms with Gasteiger partial charge in [0.25, 0.3) is 0 Å². The molecule has 90 valence electrons. The zero-order chi connectivity index (χ0) is 12.0. The van der Waals surface area contributed by atoms with E-state index < -0.39 is 0 Å². The predicted octanol–water partition coefficient (Wildman–Crippen LogP) is 3.87. The molecule has 1 nitrogen and oxygen atoms in total. The highest BCUT2D eigenvalue weighted by Crippen LogP contribution is 2.35. The maximum absolute atomic E-state index is 6.42. The number of hydrogen-bond acceptors (Lipinski definition) is 1. The van der Waals surface area contributed by atoms with Crippen LogP contribution in [0.5, 0.6) is 0 Å². The van der Waals surface area contributed by atoms with Gasteiger partial charge in [-0.25, -0.2) is 0 Å². The Morgan fingerprint density at radius 3 is 2.06 bits per heavy atom. The van der Waals surface area contributed by atoms with E-state index in [9.17, 15) is 0 Å². The fourth-order valence-corrected chi connectivity index (χ4v) is 2.75. The average molecular weight is 219 g/mol. The molecule has 0 aliphatic heterocycles. The number of rotatable bonds is 6. The molecule has 1 aromatic rings. The number of nitrogens with two attached hydrogens (primary N) is 1. The van der Waals surface area contributed by atoms with Gasteiger partial charge in [-0.3, -0.25) is 0 Å². The summed E-state index contributed by atoms with van der Waals surface area (Å²) in [6.07, 6.45) is 4.51. The molecule has 0 heterocycles. The van der Waals surface area contributed by atoms with Crippen LogP contribution in [0.15, 0.2) is 30.3 Å². The van der Waals surface area contributed by atoms with Gasteiger partial charge in [0.2, 0.25) is 0 Å². The first-order valence-corrected chi connectivity index (χ1v) is 6.52. The lowest BCUT2D eigenvalue weighted by Crippen LogP contribution is -2.44. The maximum atomic E-state index is 6.42. The molecule has 0 fully saturated rings. The first kappa shape index (κ1) is 13.2. The van der Waals surface area contributed by atoms with Crippen LogP contribution in [-0.2, 0) is 5.41 Å². The maximum Gasteiger partial charge on any atom is 0.0136 e. The van der Waals surface area contributed by atoms with Gasteiger partial charge in [-0.2, -0.15) is 0 Å². The SMILES string of the molecule is CCCC(N)C(CC)(CC)c1ccccc1. The lowest BCUT2D eigenvalue weighted by molar-refractivity contribution is 0.302. The van der Waals surface area contributed by atoms with Crippen LogP contribution in [0.3, 0.4) is 0 Å². The molecule has 1 heteroatoms. The molecule has 0 saturated carbocycles. The molecule has 16 heavy (non-hydrogen) atoms. The molecule has 0 radical (unpaired) electrons. The highest BCUT2D eigenvalue weighted by atomic mass is 14.7. The Morgan fingerprint density at radius 2 is 1.62 bits per heavy atom. The van der Waals surface area contributed by atoms with Crippen molar-refractivity contribution >= 4 is 0 Å². The second-order valence-electron chi connectivity index (χ2n) is 4.62. The second-order valence-corrected chi connectivity index (χ2v) is 4.62. The van der Waals surface area contributed by atoms with E-state index in [0.717, 1.165) is 25.7 Å². The normalized spacial score (nSPS) is 13.8. The van der Waals surface area contributed by atoms with Crippen LogP contribution in [0.2, 0.25) is 0 Å². The Hall–Kier alpha value is -0.820. The third-order valence-corrected chi connectivity index (χ3v) is 3.92. The predicted molar refractivity (Wildman–Crippen MR) is 71.6 cm³/mol. The Balaban J connectivity index is 3.05. The second kappa shape index (κ2) is 6.05. The highest BCUT2D eigenvalue weighted by Gasteiger charge is 2.34. The standard InChI is InChI=1S/C15H25N/c1-4-10-14(16)15(5-2,6-3)13-11-8-7-9-12-13/h7-9,11-12,14H,4-6,10,16H2,1-3H3. The number of hydrogen-bond donors (Lipinski definition) is 1. The lowest BCUT2D eigenvalue weighted by atomic mass is 9.69. The van der Waals surface area contributed by atoms with Crippen molar-refractivity contribution in [2.45, 2.75) is 57.9 Å².